The standard InChI is InChI=1S/C31H62O5/c1-4-5-6-7-8-9-10-11-12-13-14-15-16-17-18-19-24-36-31(32)21-20-23-33-26-28-35-29-27-34-25-22-30(2)3/h30H,4-29H2,1-3H3. The molecule has 0 aliphatic carbocycles. The second-order valence-corrected chi connectivity index (χ2v) is 10.6. The van der Waals surface area contributed by atoms with Crippen molar-refractivity contribution in [1.29, 1.82) is 0 Å². The van der Waals surface area contributed by atoms with Gasteiger partial charge in [0.2, 0.25) is 0 Å². The highest BCUT2D eigenvalue weighted by Gasteiger charge is 2.03. The van der Waals surface area contributed by atoms with Gasteiger partial charge in [-0.1, -0.05) is 117 Å². The zero-order valence-corrected chi connectivity index (χ0v) is 24.5. The molecular formula is C31H62O5. The molecule has 0 saturated heterocycles. The Morgan fingerprint density at radius 2 is 0.917 bits per heavy atom. The lowest BCUT2D eigenvalue weighted by Gasteiger charge is -2.08. The fourth-order valence-corrected chi connectivity index (χ4v) is 4.09. The van der Waals surface area contributed by atoms with Gasteiger partial charge < -0.3 is 18.9 Å². The molecule has 0 rings (SSSR count). The number of unbranched alkanes of at least 4 members (excludes halogenated alkanes) is 15. The average molecular weight is 515 g/mol. The Labute approximate surface area is 224 Å². The number of carbonyl (C=O) groups excluding carboxylic acids is 1. The molecule has 0 aromatic carbocycles. The summed E-state index contributed by atoms with van der Waals surface area (Å²) in [6, 6.07) is 0. The smallest absolute Gasteiger partial charge is 0.305 e. The summed E-state index contributed by atoms with van der Waals surface area (Å²) in [5, 5.41) is 0. The van der Waals surface area contributed by atoms with Gasteiger partial charge in [0.15, 0.2) is 0 Å². The van der Waals surface area contributed by atoms with Gasteiger partial charge in [-0.3, -0.25) is 4.79 Å². The van der Waals surface area contributed by atoms with E-state index in [9.17, 15) is 4.79 Å². The van der Waals surface area contributed by atoms with Crippen LogP contribution in [0.4, 0.5) is 0 Å². The number of hydrogen-bond acceptors (Lipinski definition) is 5. The summed E-state index contributed by atoms with van der Waals surface area (Å²) in [5.41, 5.74) is 0. The number of carbonyl (C=O) groups is 1. The van der Waals surface area contributed by atoms with Gasteiger partial charge >= 0.3 is 5.97 Å². The van der Waals surface area contributed by atoms with Crippen LogP contribution in [0.1, 0.15) is 143 Å². The van der Waals surface area contributed by atoms with Crippen LogP contribution in [0, 0.1) is 5.92 Å². The lowest BCUT2D eigenvalue weighted by atomic mass is 10.0. The maximum Gasteiger partial charge on any atom is 0.305 e. The molecule has 0 spiro atoms. The van der Waals surface area contributed by atoms with Crippen molar-refractivity contribution in [2.75, 3.05) is 46.2 Å². The highest BCUT2D eigenvalue weighted by atomic mass is 16.5. The Morgan fingerprint density at radius 1 is 0.500 bits per heavy atom. The van der Waals surface area contributed by atoms with E-state index < -0.39 is 0 Å². The van der Waals surface area contributed by atoms with Crippen LogP contribution in [-0.4, -0.2) is 52.2 Å². The lowest BCUT2D eigenvalue weighted by molar-refractivity contribution is -0.144. The van der Waals surface area contributed by atoms with Crippen LogP contribution in [0.2, 0.25) is 0 Å². The summed E-state index contributed by atoms with van der Waals surface area (Å²) in [7, 11) is 0. The molecule has 0 aliphatic rings. The molecule has 0 aliphatic heterocycles. The van der Waals surface area contributed by atoms with Crippen LogP contribution < -0.4 is 0 Å². The van der Waals surface area contributed by atoms with Crippen molar-refractivity contribution in [3.63, 3.8) is 0 Å². The van der Waals surface area contributed by atoms with Crippen molar-refractivity contribution in [1.82, 2.24) is 0 Å². The first-order valence-corrected chi connectivity index (χ1v) is 15.6. The summed E-state index contributed by atoms with van der Waals surface area (Å²) in [6.07, 6.45) is 23.9. The van der Waals surface area contributed by atoms with E-state index in [1.54, 1.807) is 0 Å². The van der Waals surface area contributed by atoms with Crippen LogP contribution >= 0.6 is 0 Å². The van der Waals surface area contributed by atoms with E-state index in [2.05, 4.69) is 20.8 Å². The third kappa shape index (κ3) is 31.4. The summed E-state index contributed by atoms with van der Waals surface area (Å²) >= 11 is 0. The number of hydrogen-bond donors (Lipinski definition) is 0. The molecule has 5 heteroatoms. The number of esters is 1. The maximum atomic E-state index is 11.8. The third-order valence-electron chi connectivity index (χ3n) is 6.51. The molecule has 216 valence electrons. The van der Waals surface area contributed by atoms with E-state index in [1.807, 2.05) is 0 Å². The third-order valence-corrected chi connectivity index (χ3v) is 6.51. The topological polar surface area (TPSA) is 54.0 Å². The van der Waals surface area contributed by atoms with Gasteiger partial charge in [-0.15, -0.1) is 0 Å². The molecule has 36 heavy (non-hydrogen) atoms. The fraction of sp³-hybridized carbons (Fsp3) is 0.968. The lowest BCUT2D eigenvalue weighted by Crippen LogP contribution is -2.11. The zero-order chi connectivity index (χ0) is 26.4. The number of ether oxygens (including phenoxy) is 4. The van der Waals surface area contributed by atoms with Crippen LogP contribution in [0.3, 0.4) is 0 Å². The second kappa shape index (κ2) is 30.6. The minimum Gasteiger partial charge on any atom is -0.466 e. The normalized spacial score (nSPS) is 11.4. The quantitative estimate of drug-likeness (QED) is 0.0709. The van der Waals surface area contributed by atoms with Gasteiger partial charge in [-0.2, -0.15) is 0 Å². The van der Waals surface area contributed by atoms with Gasteiger partial charge in [-0.05, 0) is 25.2 Å². The Bertz CT molecular complexity index is 427. The minimum atomic E-state index is -0.102. The monoisotopic (exact) mass is 514 g/mol. The van der Waals surface area contributed by atoms with E-state index >= 15 is 0 Å². The first-order chi connectivity index (χ1) is 17.7. The zero-order valence-electron chi connectivity index (χ0n) is 24.5. The van der Waals surface area contributed by atoms with E-state index in [0.29, 0.717) is 58.4 Å². The summed E-state index contributed by atoms with van der Waals surface area (Å²) < 4.78 is 21.8. The van der Waals surface area contributed by atoms with Crippen molar-refractivity contribution in [2.45, 2.75) is 143 Å². The SMILES string of the molecule is CCCCCCCCCCCCCCCCCCOC(=O)CCCOCCOCCOCCC(C)C. The molecular weight excluding hydrogens is 452 g/mol. The van der Waals surface area contributed by atoms with Crippen molar-refractivity contribution in [3.05, 3.63) is 0 Å². The molecule has 0 atom stereocenters. The number of rotatable bonds is 30. The molecule has 0 bridgehead atoms. The van der Waals surface area contributed by atoms with Gasteiger partial charge in [-0.25, -0.2) is 0 Å². The second-order valence-electron chi connectivity index (χ2n) is 10.6. The minimum absolute atomic E-state index is 0.102. The Hall–Kier alpha value is -0.650. The predicted octanol–water partition coefficient (Wildman–Crippen LogP) is 8.67. The highest BCUT2D eigenvalue weighted by Crippen LogP contribution is 2.13. The van der Waals surface area contributed by atoms with Crippen LogP contribution in [0.5, 0.6) is 0 Å². The van der Waals surface area contributed by atoms with Crippen molar-refractivity contribution in [3.8, 4) is 0 Å². The van der Waals surface area contributed by atoms with Gasteiger partial charge in [0, 0.05) is 19.6 Å². The van der Waals surface area contributed by atoms with Crippen LogP contribution in [0.25, 0.3) is 0 Å². The Kier molecular flexibility index (Phi) is 30.0. The van der Waals surface area contributed by atoms with E-state index in [0.717, 1.165) is 25.9 Å². The van der Waals surface area contributed by atoms with Crippen LogP contribution in [-0.2, 0) is 23.7 Å². The molecule has 5 nitrogen and oxygen atoms in total. The molecule has 0 unspecified atom stereocenters. The Morgan fingerprint density at radius 3 is 1.39 bits per heavy atom. The van der Waals surface area contributed by atoms with Crippen molar-refractivity contribution >= 4 is 5.97 Å². The first-order valence-electron chi connectivity index (χ1n) is 15.6. The van der Waals surface area contributed by atoms with Gasteiger partial charge in [0.05, 0.1) is 33.0 Å². The van der Waals surface area contributed by atoms with Crippen LogP contribution in [0.15, 0.2) is 0 Å². The molecule has 0 aromatic heterocycles. The molecule has 0 radical (unpaired) electrons. The maximum absolute atomic E-state index is 11.8. The molecule has 0 aromatic rings. The fourth-order valence-electron chi connectivity index (χ4n) is 4.09. The molecule has 0 amide bonds. The molecule has 0 saturated carbocycles. The first kappa shape index (κ1) is 35.4. The van der Waals surface area contributed by atoms with Gasteiger partial charge in [0.1, 0.15) is 0 Å². The average Bonchev–Trinajstić information content (AvgIpc) is 2.86. The Balaban J connectivity index is 3.15. The summed E-state index contributed by atoms with van der Waals surface area (Å²) in [5.74, 6) is 0.574. The summed E-state index contributed by atoms with van der Waals surface area (Å²) in [4.78, 5) is 11.8. The molecule has 0 N–H and O–H groups in total. The molecule has 0 fully saturated rings. The van der Waals surface area contributed by atoms with E-state index in [4.69, 9.17) is 18.9 Å². The summed E-state index contributed by atoms with van der Waals surface area (Å²) in [6.45, 7) is 11.0. The molecule has 0 heterocycles. The van der Waals surface area contributed by atoms with Gasteiger partial charge in [0.25, 0.3) is 0 Å². The van der Waals surface area contributed by atoms with E-state index in [-0.39, 0.29) is 5.97 Å². The van der Waals surface area contributed by atoms with E-state index in [1.165, 1.54) is 89.9 Å². The highest BCUT2D eigenvalue weighted by molar-refractivity contribution is 5.69. The largest absolute Gasteiger partial charge is 0.466 e. The van der Waals surface area contributed by atoms with Crippen molar-refractivity contribution < 1.29 is 23.7 Å². The predicted molar refractivity (Wildman–Crippen MR) is 152 cm³/mol. The van der Waals surface area contributed by atoms with Crippen molar-refractivity contribution in [2.24, 2.45) is 5.92 Å².